The number of anilines is 1. The number of rotatable bonds is 4. The highest BCUT2D eigenvalue weighted by Crippen LogP contribution is 2.36. The molecule has 4 rings (SSSR count). The average Bonchev–Trinajstić information content (AvgIpc) is 3.13. The molecule has 1 aromatic carbocycles. The van der Waals surface area contributed by atoms with Crippen molar-refractivity contribution < 1.29 is 9.53 Å². The van der Waals surface area contributed by atoms with Crippen LogP contribution >= 0.6 is 27.3 Å². The summed E-state index contributed by atoms with van der Waals surface area (Å²) < 4.78 is 8.45. The number of nitrogens with one attached hydrogen (secondary N) is 2. The zero-order valence-corrected chi connectivity index (χ0v) is 15.3. The molecule has 3 aromatic rings. The molecule has 0 spiro atoms. The number of hydrogen-bond donors (Lipinski definition) is 2. The summed E-state index contributed by atoms with van der Waals surface area (Å²) in [5.41, 5.74) is 2.78. The Balaban J connectivity index is 1.50. The van der Waals surface area contributed by atoms with Crippen molar-refractivity contribution in [3.05, 3.63) is 45.6 Å². The molecule has 1 atom stereocenters. The lowest BCUT2D eigenvalue weighted by atomic mass is 10.1. The molecule has 2 N–H and O–H groups in total. The molecule has 3 heterocycles. The van der Waals surface area contributed by atoms with E-state index in [1.165, 1.54) is 0 Å². The molecular formula is C16H15BrN4O2S. The van der Waals surface area contributed by atoms with E-state index in [4.69, 9.17) is 4.74 Å². The Morgan fingerprint density at radius 1 is 1.54 bits per heavy atom. The molecule has 0 bridgehead atoms. The van der Waals surface area contributed by atoms with Gasteiger partial charge in [0.15, 0.2) is 11.6 Å². The standard InChI is InChI=1S/C16H15BrN4O2S/c1-9(18-6-10-7-21-2-3-24-16(21)19-10)11-4-14-13(5-12(11)17)20-15(22)8-23-14/h2-5,7,9,18H,6,8H2,1H3,(H,20,22)/t9-/m0/s1. The second-order valence-electron chi connectivity index (χ2n) is 5.63. The quantitative estimate of drug-likeness (QED) is 0.696. The Kier molecular flexibility index (Phi) is 4.03. The van der Waals surface area contributed by atoms with Crippen molar-refractivity contribution in [1.82, 2.24) is 14.7 Å². The molecule has 0 saturated carbocycles. The van der Waals surface area contributed by atoms with Crippen LogP contribution in [0.4, 0.5) is 5.69 Å². The molecule has 1 amide bonds. The van der Waals surface area contributed by atoms with Crippen LogP contribution in [0, 0.1) is 0 Å². The largest absolute Gasteiger partial charge is 0.482 e. The number of aromatic nitrogens is 2. The lowest BCUT2D eigenvalue weighted by Gasteiger charge is -2.22. The van der Waals surface area contributed by atoms with Gasteiger partial charge in [0.05, 0.1) is 11.4 Å². The second kappa shape index (κ2) is 6.19. The van der Waals surface area contributed by atoms with Crippen LogP contribution in [0.1, 0.15) is 24.2 Å². The Labute approximate surface area is 151 Å². The van der Waals surface area contributed by atoms with Crippen LogP contribution in [0.5, 0.6) is 5.75 Å². The van der Waals surface area contributed by atoms with Gasteiger partial charge >= 0.3 is 0 Å². The second-order valence-corrected chi connectivity index (χ2v) is 7.36. The first-order valence-electron chi connectivity index (χ1n) is 7.51. The first-order valence-corrected chi connectivity index (χ1v) is 9.18. The Morgan fingerprint density at radius 3 is 3.25 bits per heavy atom. The smallest absolute Gasteiger partial charge is 0.262 e. The molecule has 24 heavy (non-hydrogen) atoms. The van der Waals surface area contributed by atoms with Crippen LogP contribution < -0.4 is 15.4 Å². The van der Waals surface area contributed by atoms with E-state index < -0.39 is 0 Å². The minimum absolute atomic E-state index is 0.0568. The van der Waals surface area contributed by atoms with Gasteiger partial charge in [-0.25, -0.2) is 4.98 Å². The van der Waals surface area contributed by atoms with Gasteiger partial charge in [0.2, 0.25) is 0 Å². The van der Waals surface area contributed by atoms with E-state index in [-0.39, 0.29) is 18.6 Å². The summed E-state index contributed by atoms with van der Waals surface area (Å²) in [6.07, 6.45) is 4.04. The first kappa shape index (κ1) is 15.6. The van der Waals surface area contributed by atoms with Gasteiger partial charge < -0.3 is 15.4 Å². The number of hydrogen-bond acceptors (Lipinski definition) is 5. The van der Waals surface area contributed by atoms with E-state index in [2.05, 4.69) is 38.5 Å². The maximum atomic E-state index is 11.4. The van der Waals surface area contributed by atoms with Gasteiger partial charge in [0, 0.05) is 34.8 Å². The number of thiazole rings is 1. The number of amides is 1. The number of carbonyl (C=O) groups excluding carboxylic acids is 1. The Hall–Kier alpha value is -1.90. The van der Waals surface area contributed by atoms with Crippen molar-refractivity contribution >= 4 is 43.8 Å². The molecule has 0 unspecified atom stereocenters. The SMILES string of the molecule is C[C@H](NCc1cn2ccsc2n1)c1cc2c(cc1Br)NC(=O)CO2. The van der Waals surface area contributed by atoms with Crippen LogP contribution in [0.15, 0.2) is 34.4 Å². The monoisotopic (exact) mass is 406 g/mol. The summed E-state index contributed by atoms with van der Waals surface area (Å²) in [7, 11) is 0. The number of halogens is 1. The highest BCUT2D eigenvalue weighted by atomic mass is 79.9. The van der Waals surface area contributed by atoms with Crippen LogP contribution in [-0.4, -0.2) is 21.9 Å². The zero-order valence-electron chi connectivity index (χ0n) is 12.9. The fourth-order valence-corrected chi connectivity index (χ4v) is 4.08. The lowest BCUT2D eigenvalue weighted by molar-refractivity contribution is -0.118. The summed E-state index contributed by atoms with van der Waals surface area (Å²) in [5.74, 6) is 0.567. The molecule has 8 heteroatoms. The van der Waals surface area contributed by atoms with Crippen LogP contribution in [-0.2, 0) is 11.3 Å². The molecular weight excluding hydrogens is 392 g/mol. The maximum Gasteiger partial charge on any atom is 0.262 e. The van der Waals surface area contributed by atoms with Crippen molar-refractivity contribution in [2.75, 3.05) is 11.9 Å². The molecule has 0 saturated heterocycles. The van der Waals surface area contributed by atoms with Gasteiger partial charge in [0.25, 0.3) is 5.91 Å². The van der Waals surface area contributed by atoms with Gasteiger partial charge in [-0.05, 0) is 24.6 Å². The summed E-state index contributed by atoms with van der Waals surface area (Å²) in [4.78, 5) is 17.0. The van der Waals surface area contributed by atoms with Crippen molar-refractivity contribution in [1.29, 1.82) is 0 Å². The molecule has 1 aliphatic rings. The number of ether oxygens (including phenoxy) is 1. The van der Waals surface area contributed by atoms with Gasteiger partial charge in [-0.1, -0.05) is 15.9 Å². The molecule has 0 radical (unpaired) electrons. The minimum Gasteiger partial charge on any atom is -0.482 e. The van der Waals surface area contributed by atoms with Crippen LogP contribution in [0.3, 0.4) is 0 Å². The van der Waals surface area contributed by atoms with Gasteiger partial charge in [-0.3, -0.25) is 9.20 Å². The van der Waals surface area contributed by atoms with Crippen molar-refractivity contribution in [2.24, 2.45) is 0 Å². The lowest BCUT2D eigenvalue weighted by Crippen LogP contribution is -2.26. The van der Waals surface area contributed by atoms with E-state index in [9.17, 15) is 4.79 Å². The third-order valence-electron chi connectivity index (χ3n) is 3.93. The van der Waals surface area contributed by atoms with Crippen molar-refractivity contribution in [2.45, 2.75) is 19.5 Å². The summed E-state index contributed by atoms with van der Waals surface area (Å²) >= 11 is 5.20. The predicted molar refractivity (Wildman–Crippen MR) is 96.6 cm³/mol. The zero-order chi connectivity index (χ0) is 16.7. The molecule has 0 aliphatic carbocycles. The van der Waals surface area contributed by atoms with Crippen molar-refractivity contribution in [3.63, 3.8) is 0 Å². The van der Waals surface area contributed by atoms with E-state index in [0.29, 0.717) is 18.0 Å². The Bertz CT molecular complexity index is 892. The fraction of sp³-hybridized carbons (Fsp3) is 0.250. The average molecular weight is 407 g/mol. The third-order valence-corrected chi connectivity index (χ3v) is 5.39. The number of nitrogens with zero attached hydrogens (tertiary/aromatic N) is 2. The highest BCUT2D eigenvalue weighted by molar-refractivity contribution is 9.10. The number of fused-ring (bicyclic) bond motifs is 2. The number of imidazole rings is 1. The van der Waals surface area contributed by atoms with Gasteiger partial charge in [0.1, 0.15) is 5.75 Å². The molecule has 1 aliphatic heterocycles. The van der Waals surface area contributed by atoms with E-state index in [1.54, 1.807) is 11.3 Å². The molecule has 2 aromatic heterocycles. The fourth-order valence-electron chi connectivity index (χ4n) is 2.68. The van der Waals surface area contributed by atoms with E-state index >= 15 is 0 Å². The maximum absolute atomic E-state index is 11.4. The van der Waals surface area contributed by atoms with Gasteiger partial charge in [-0.15, -0.1) is 11.3 Å². The number of benzene rings is 1. The predicted octanol–water partition coefficient (Wildman–Crippen LogP) is 3.34. The number of carbonyl (C=O) groups is 1. The normalized spacial score (nSPS) is 15.0. The highest BCUT2D eigenvalue weighted by Gasteiger charge is 2.20. The van der Waals surface area contributed by atoms with Crippen molar-refractivity contribution in [3.8, 4) is 5.75 Å². The van der Waals surface area contributed by atoms with Crippen LogP contribution in [0.25, 0.3) is 4.96 Å². The Morgan fingerprint density at radius 2 is 2.42 bits per heavy atom. The summed E-state index contributed by atoms with van der Waals surface area (Å²) in [5, 5.41) is 8.31. The van der Waals surface area contributed by atoms with Crippen LogP contribution in [0.2, 0.25) is 0 Å². The first-order chi connectivity index (χ1) is 11.6. The van der Waals surface area contributed by atoms with Gasteiger partial charge in [-0.2, -0.15) is 0 Å². The summed E-state index contributed by atoms with van der Waals surface area (Å²) in [6, 6.07) is 3.94. The minimum atomic E-state index is -0.131. The van der Waals surface area contributed by atoms with E-state index in [1.807, 2.05) is 34.3 Å². The third kappa shape index (κ3) is 2.92. The van der Waals surface area contributed by atoms with E-state index in [0.717, 1.165) is 20.7 Å². The summed E-state index contributed by atoms with van der Waals surface area (Å²) in [6.45, 7) is 2.82. The molecule has 124 valence electrons. The molecule has 0 fully saturated rings. The molecule has 6 nitrogen and oxygen atoms in total. The topological polar surface area (TPSA) is 67.7 Å².